The van der Waals surface area contributed by atoms with Crippen LogP contribution in [0.2, 0.25) is 0 Å². The molecular weight excluding hydrogens is 398 g/mol. The van der Waals surface area contributed by atoms with Crippen molar-refractivity contribution in [3.63, 3.8) is 0 Å². The van der Waals surface area contributed by atoms with E-state index in [2.05, 4.69) is 20.4 Å². The molecule has 1 N–H and O–H groups in total. The van der Waals surface area contributed by atoms with Gasteiger partial charge in [-0.05, 0) is 50.6 Å². The molecule has 0 spiro atoms. The molecule has 0 bridgehead atoms. The van der Waals surface area contributed by atoms with Gasteiger partial charge in [-0.1, -0.05) is 0 Å². The number of methoxy groups -OCH3 is 3. The highest BCUT2D eigenvalue weighted by Gasteiger charge is 2.14. The second kappa shape index (κ2) is 9.29. The normalized spacial score (nSPS) is 10.9. The second-order valence-electron chi connectivity index (χ2n) is 6.81. The van der Waals surface area contributed by atoms with Crippen molar-refractivity contribution in [2.45, 2.75) is 20.8 Å². The van der Waals surface area contributed by atoms with Crippen molar-refractivity contribution < 1.29 is 19.0 Å². The lowest BCUT2D eigenvalue weighted by Gasteiger charge is -2.12. The molecule has 2 heterocycles. The molecule has 0 atom stereocenters. The number of nitrogens with zero attached hydrogens (tertiary/aromatic N) is 4. The van der Waals surface area contributed by atoms with Crippen LogP contribution in [0.3, 0.4) is 0 Å². The molecule has 0 unspecified atom stereocenters. The minimum Gasteiger partial charge on any atom is -0.493 e. The number of aromatic nitrogens is 4. The first-order chi connectivity index (χ1) is 14.8. The molecule has 9 nitrogen and oxygen atoms in total. The standard InChI is InChI=1S/C22H25N5O4/c1-13-9-14(2)24-22(23-13)27-19(10-15(3)26-27)25-20(28)8-7-16-11-17(29-4)21(31-6)18(12-16)30-5/h7-12H,1-6H3,(H,25,28)/b8-7+. The van der Waals surface area contributed by atoms with Gasteiger partial charge in [0.25, 0.3) is 5.95 Å². The average Bonchev–Trinajstić information content (AvgIpc) is 3.10. The summed E-state index contributed by atoms with van der Waals surface area (Å²) in [6, 6.07) is 7.14. The fourth-order valence-corrected chi connectivity index (χ4v) is 3.08. The van der Waals surface area contributed by atoms with Crippen LogP contribution in [0.25, 0.3) is 12.0 Å². The number of benzene rings is 1. The Labute approximate surface area is 180 Å². The van der Waals surface area contributed by atoms with Crippen LogP contribution in [-0.2, 0) is 4.79 Å². The van der Waals surface area contributed by atoms with Gasteiger partial charge in [0.05, 0.1) is 27.0 Å². The summed E-state index contributed by atoms with van der Waals surface area (Å²) >= 11 is 0. The van der Waals surface area contributed by atoms with Crippen LogP contribution < -0.4 is 19.5 Å². The summed E-state index contributed by atoms with van der Waals surface area (Å²) in [5.41, 5.74) is 3.07. The molecule has 2 aromatic heterocycles. The molecule has 0 saturated heterocycles. The van der Waals surface area contributed by atoms with Gasteiger partial charge in [-0.25, -0.2) is 9.97 Å². The number of aryl methyl sites for hydroxylation is 3. The van der Waals surface area contributed by atoms with Crippen molar-refractivity contribution in [3.8, 4) is 23.2 Å². The molecule has 0 saturated carbocycles. The lowest BCUT2D eigenvalue weighted by molar-refractivity contribution is -0.111. The molecule has 0 aliphatic rings. The SMILES string of the molecule is COc1cc(/C=C/C(=O)Nc2cc(C)nn2-c2nc(C)cc(C)n2)cc(OC)c1OC. The average molecular weight is 423 g/mol. The predicted octanol–water partition coefficient (Wildman–Crippen LogP) is 3.27. The van der Waals surface area contributed by atoms with Crippen LogP contribution in [0, 0.1) is 20.8 Å². The summed E-state index contributed by atoms with van der Waals surface area (Å²) in [5, 5.41) is 7.23. The molecule has 1 aromatic carbocycles. The summed E-state index contributed by atoms with van der Waals surface area (Å²) in [5.74, 6) is 2.03. The number of ether oxygens (including phenoxy) is 3. The number of carbonyl (C=O) groups excluding carboxylic acids is 1. The molecule has 1 amide bonds. The molecular formula is C22H25N5O4. The van der Waals surface area contributed by atoms with Crippen molar-refractivity contribution in [2.24, 2.45) is 0 Å². The van der Waals surface area contributed by atoms with Crippen LogP contribution in [0.15, 0.2) is 30.3 Å². The summed E-state index contributed by atoms with van der Waals surface area (Å²) in [6.07, 6.45) is 3.07. The van der Waals surface area contributed by atoms with Gasteiger partial charge >= 0.3 is 0 Å². The molecule has 3 rings (SSSR count). The Balaban J connectivity index is 1.84. The van der Waals surface area contributed by atoms with E-state index < -0.39 is 0 Å². The molecule has 0 fully saturated rings. The minimum absolute atomic E-state index is 0.334. The van der Waals surface area contributed by atoms with E-state index in [0.29, 0.717) is 34.6 Å². The lowest BCUT2D eigenvalue weighted by atomic mass is 10.1. The minimum atomic E-state index is -0.334. The van der Waals surface area contributed by atoms with Crippen LogP contribution in [0.4, 0.5) is 5.82 Å². The first kappa shape index (κ1) is 21.8. The third-order valence-electron chi connectivity index (χ3n) is 4.36. The van der Waals surface area contributed by atoms with Crippen LogP contribution in [0.5, 0.6) is 17.2 Å². The highest BCUT2D eigenvalue weighted by molar-refractivity contribution is 6.01. The van der Waals surface area contributed by atoms with Crippen molar-refractivity contribution in [1.82, 2.24) is 19.7 Å². The van der Waals surface area contributed by atoms with E-state index in [1.54, 1.807) is 24.3 Å². The molecule has 31 heavy (non-hydrogen) atoms. The summed E-state index contributed by atoms with van der Waals surface area (Å²) in [4.78, 5) is 21.4. The number of amides is 1. The van der Waals surface area contributed by atoms with Gasteiger partial charge in [0.1, 0.15) is 5.82 Å². The van der Waals surface area contributed by atoms with E-state index in [4.69, 9.17) is 14.2 Å². The highest BCUT2D eigenvalue weighted by Crippen LogP contribution is 2.38. The topological polar surface area (TPSA) is 100 Å². The first-order valence-corrected chi connectivity index (χ1v) is 9.53. The van der Waals surface area contributed by atoms with Crippen molar-refractivity contribution in [2.75, 3.05) is 26.6 Å². The number of nitrogens with one attached hydrogen (secondary N) is 1. The maximum atomic E-state index is 12.6. The zero-order valence-corrected chi connectivity index (χ0v) is 18.4. The van der Waals surface area contributed by atoms with Gasteiger partial charge < -0.3 is 19.5 Å². The number of rotatable bonds is 7. The van der Waals surface area contributed by atoms with Crippen molar-refractivity contribution in [3.05, 3.63) is 53.0 Å². The zero-order valence-electron chi connectivity index (χ0n) is 18.4. The van der Waals surface area contributed by atoms with Crippen molar-refractivity contribution in [1.29, 1.82) is 0 Å². The Morgan fingerprint density at radius 2 is 1.52 bits per heavy atom. The van der Waals surface area contributed by atoms with E-state index >= 15 is 0 Å². The van der Waals surface area contributed by atoms with Crippen LogP contribution >= 0.6 is 0 Å². The van der Waals surface area contributed by atoms with Gasteiger partial charge in [0.2, 0.25) is 11.7 Å². The summed E-state index contributed by atoms with van der Waals surface area (Å²) < 4.78 is 17.5. The van der Waals surface area contributed by atoms with Gasteiger partial charge in [-0.3, -0.25) is 4.79 Å². The molecule has 162 valence electrons. The highest BCUT2D eigenvalue weighted by atomic mass is 16.5. The van der Waals surface area contributed by atoms with Gasteiger partial charge in [-0.2, -0.15) is 9.78 Å². The van der Waals surface area contributed by atoms with Crippen LogP contribution in [0.1, 0.15) is 22.6 Å². The number of hydrogen-bond donors (Lipinski definition) is 1. The largest absolute Gasteiger partial charge is 0.493 e. The quantitative estimate of drug-likeness (QED) is 0.582. The Morgan fingerprint density at radius 3 is 2.06 bits per heavy atom. The Bertz CT molecular complexity index is 1090. The second-order valence-corrected chi connectivity index (χ2v) is 6.81. The van der Waals surface area contributed by atoms with E-state index in [1.165, 1.54) is 32.1 Å². The first-order valence-electron chi connectivity index (χ1n) is 9.53. The fourth-order valence-electron chi connectivity index (χ4n) is 3.08. The monoisotopic (exact) mass is 423 g/mol. The number of hydrogen-bond acceptors (Lipinski definition) is 7. The van der Waals surface area contributed by atoms with Gasteiger partial charge in [0, 0.05) is 23.5 Å². The molecule has 0 radical (unpaired) electrons. The fraction of sp³-hybridized carbons (Fsp3) is 0.273. The molecule has 0 aliphatic carbocycles. The zero-order chi connectivity index (χ0) is 22.5. The third kappa shape index (κ3) is 5.00. The summed E-state index contributed by atoms with van der Waals surface area (Å²) in [7, 11) is 4.61. The molecule has 9 heteroatoms. The third-order valence-corrected chi connectivity index (χ3v) is 4.36. The Kier molecular flexibility index (Phi) is 6.54. The van der Waals surface area contributed by atoms with Crippen molar-refractivity contribution >= 4 is 17.8 Å². The van der Waals surface area contributed by atoms with Crippen LogP contribution in [-0.4, -0.2) is 47.0 Å². The smallest absolute Gasteiger partial charge is 0.252 e. The van der Waals surface area contributed by atoms with E-state index in [0.717, 1.165) is 17.1 Å². The van der Waals surface area contributed by atoms with E-state index in [-0.39, 0.29) is 5.91 Å². The predicted molar refractivity (Wildman–Crippen MR) is 117 cm³/mol. The number of carbonyl (C=O) groups is 1. The molecule has 3 aromatic rings. The molecule has 0 aliphatic heterocycles. The summed E-state index contributed by atoms with van der Waals surface area (Å²) in [6.45, 7) is 5.60. The lowest BCUT2D eigenvalue weighted by Crippen LogP contribution is -2.14. The maximum Gasteiger partial charge on any atom is 0.252 e. The Hall–Kier alpha value is -3.88. The number of anilines is 1. The van der Waals surface area contributed by atoms with Gasteiger partial charge in [0.15, 0.2) is 11.5 Å². The maximum absolute atomic E-state index is 12.6. The Morgan fingerprint density at radius 1 is 0.903 bits per heavy atom. The van der Waals surface area contributed by atoms with E-state index in [1.807, 2.05) is 26.8 Å². The van der Waals surface area contributed by atoms with Gasteiger partial charge in [-0.15, -0.1) is 0 Å². The van der Waals surface area contributed by atoms with E-state index in [9.17, 15) is 4.79 Å².